The summed E-state index contributed by atoms with van der Waals surface area (Å²) in [6.07, 6.45) is 1.15. The summed E-state index contributed by atoms with van der Waals surface area (Å²) in [6.45, 7) is 5.89. The van der Waals surface area contributed by atoms with Crippen molar-refractivity contribution in [2.24, 2.45) is 5.41 Å². The molecule has 0 aliphatic rings. The third-order valence-corrected chi connectivity index (χ3v) is 4.52. The van der Waals surface area contributed by atoms with Gasteiger partial charge in [0.15, 0.2) is 0 Å². The molecule has 0 atom stereocenters. The number of hydrogen-bond acceptors (Lipinski definition) is 3. The molecule has 0 aliphatic heterocycles. The van der Waals surface area contributed by atoms with E-state index >= 15 is 0 Å². The van der Waals surface area contributed by atoms with Crippen LogP contribution in [0.5, 0.6) is 0 Å². The van der Waals surface area contributed by atoms with E-state index in [4.69, 9.17) is 0 Å². The lowest BCUT2D eigenvalue weighted by Gasteiger charge is -2.24. The third-order valence-electron chi connectivity index (χ3n) is 2.80. The summed E-state index contributed by atoms with van der Waals surface area (Å²) in [7, 11) is -3.40. The van der Waals surface area contributed by atoms with E-state index in [2.05, 4.69) is 21.2 Å². The van der Waals surface area contributed by atoms with Crippen molar-refractivity contribution >= 4 is 37.5 Å². The lowest BCUT2D eigenvalue weighted by Crippen LogP contribution is -2.41. The second kappa shape index (κ2) is 6.79. The molecule has 0 aliphatic carbocycles. The topological polar surface area (TPSA) is 66.5 Å². The molecule has 118 valence electrons. The summed E-state index contributed by atoms with van der Waals surface area (Å²) < 4.78 is 25.9. The molecule has 0 unspecified atom stereocenters. The normalized spacial score (nSPS) is 12.0. The number of carbonyl (C=O) groups is 1. The summed E-state index contributed by atoms with van der Waals surface area (Å²) in [4.78, 5) is 11.8. The van der Waals surface area contributed by atoms with Gasteiger partial charge in [0.1, 0.15) is 0 Å². The highest BCUT2D eigenvalue weighted by Gasteiger charge is 2.22. The first-order chi connectivity index (χ1) is 9.51. The SMILES string of the molecule is CC(C)(C)C(=O)NCCN(c1ccc(Br)cc1)S(C)(=O)=O. The van der Waals surface area contributed by atoms with Crippen LogP contribution in [-0.4, -0.2) is 33.7 Å². The first-order valence-electron chi connectivity index (χ1n) is 6.53. The fraction of sp³-hybridized carbons (Fsp3) is 0.500. The lowest BCUT2D eigenvalue weighted by molar-refractivity contribution is -0.128. The van der Waals surface area contributed by atoms with Crippen LogP contribution < -0.4 is 9.62 Å². The maximum absolute atomic E-state index is 11.9. The summed E-state index contributed by atoms with van der Waals surface area (Å²) in [6, 6.07) is 7.00. The first kappa shape index (κ1) is 18.0. The zero-order valence-corrected chi connectivity index (χ0v) is 15.1. The van der Waals surface area contributed by atoms with Gasteiger partial charge in [-0.15, -0.1) is 0 Å². The number of halogens is 1. The van der Waals surface area contributed by atoms with Gasteiger partial charge in [-0.25, -0.2) is 8.42 Å². The summed E-state index contributed by atoms with van der Waals surface area (Å²) in [5, 5.41) is 2.75. The van der Waals surface area contributed by atoms with Crippen molar-refractivity contribution in [1.29, 1.82) is 0 Å². The van der Waals surface area contributed by atoms with Crippen molar-refractivity contribution in [1.82, 2.24) is 5.32 Å². The number of amides is 1. The monoisotopic (exact) mass is 376 g/mol. The van der Waals surface area contributed by atoms with Crippen LogP contribution in [-0.2, 0) is 14.8 Å². The van der Waals surface area contributed by atoms with Gasteiger partial charge in [-0.2, -0.15) is 0 Å². The second-order valence-corrected chi connectivity index (χ2v) is 8.64. The van der Waals surface area contributed by atoms with Gasteiger partial charge in [0.25, 0.3) is 0 Å². The Labute approximate surface area is 134 Å². The van der Waals surface area contributed by atoms with Crippen LogP contribution in [0.15, 0.2) is 28.7 Å². The Kier molecular flexibility index (Phi) is 5.81. The molecule has 0 aromatic heterocycles. The lowest BCUT2D eigenvalue weighted by atomic mass is 9.96. The largest absolute Gasteiger partial charge is 0.354 e. The molecule has 0 heterocycles. The van der Waals surface area contributed by atoms with Crippen LogP contribution in [0.4, 0.5) is 5.69 Å². The molecule has 5 nitrogen and oxygen atoms in total. The Morgan fingerprint density at radius 3 is 2.19 bits per heavy atom. The number of sulfonamides is 1. The molecule has 1 aromatic rings. The summed E-state index contributed by atoms with van der Waals surface area (Å²) in [5.74, 6) is -0.105. The third kappa shape index (κ3) is 5.67. The molecule has 1 aromatic carbocycles. The zero-order chi connectivity index (χ0) is 16.3. The van der Waals surface area contributed by atoms with Gasteiger partial charge in [-0.05, 0) is 24.3 Å². The number of hydrogen-bond donors (Lipinski definition) is 1. The standard InChI is InChI=1S/C14H21BrN2O3S/c1-14(2,3)13(18)16-9-10-17(21(4,19)20)12-7-5-11(15)6-8-12/h5-8H,9-10H2,1-4H3,(H,16,18). The minimum absolute atomic E-state index is 0.105. The van der Waals surface area contributed by atoms with Crippen molar-refractivity contribution in [3.05, 3.63) is 28.7 Å². The highest BCUT2D eigenvalue weighted by Crippen LogP contribution is 2.20. The van der Waals surface area contributed by atoms with Crippen molar-refractivity contribution in [3.63, 3.8) is 0 Å². The predicted molar refractivity (Wildman–Crippen MR) is 88.8 cm³/mol. The van der Waals surface area contributed by atoms with Crippen LogP contribution in [0.3, 0.4) is 0 Å². The van der Waals surface area contributed by atoms with Crippen LogP contribution in [0.25, 0.3) is 0 Å². The van der Waals surface area contributed by atoms with Crippen molar-refractivity contribution in [2.45, 2.75) is 20.8 Å². The van der Waals surface area contributed by atoms with Gasteiger partial charge in [0, 0.05) is 16.4 Å². The number of benzene rings is 1. The second-order valence-electron chi connectivity index (χ2n) is 5.82. The highest BCUT2D eigenvalue weighted by atomic mass is 79.9. The van der Waals surface area contributed by atoms with Crippen LogP contribution >= 0.6 is 15.9 Å². The Morgan fingerprint density at radius 1 is 1.24 bits per heavy atom. The molecule has 1 amide bonds. The van der Waals surface area contributed by atoms with E-state index in [1.54, 1.807) is 24.3 Å². The summed E-state index contributed by atoms with van der Waals surface area (Å²) >= 11 is 3.31. The average molecular weight is 377 g/mol. The van der Waals surface area contributed by atoms with E-state index in [0.717, 1.165) is 10.7 Å². The predicted octanol–water partition coefficient (Wildman–Crippen LogP) is 2.38. The Balaban J connectivity index is 2.78. The van der Waals surface area contributed by atoms with Crippen molar-refractivity contribution in [3.8, 4) is 0 Å². The molecule has 0 saturated carbocycles. The van der Waals surface area contributed by atoms with Gasteiger partial charge < -0.3 is 5.32 Å². The highest BCUT2D eigenvalue weighted by molar-refractivity contribution is 9.10. The van der Waals surface area contributed by atoms with E-state index in [1.165, 1.54) is 4.31 Å². The van der Waals surface area contributed by atoms with Crippen molar-refractivity contribution in [2.75, 3.05) is 23.7 Å². The molecule has 21 heavy (non-hydrogen) atoms. The average Bonchev–Trinajstić information content (AvgIpc) is 2.33. The molecule has 0 saturated heterocycles. The van der Waals surface area contributed by atoms with E-state index < -0.39 is 15.4 Å². The maximum Gasteiger partial charge on any atom is 0.232 e. The van der Waals surface area contributed by atoms with Crippen LogP contribution in [0.1, 0.15) is 20.8 Å². The molecule has 0 radical (unpaired) electrons. The molecule has 0 bridgehead atoms. The number of anilines is 1. The minimum Gasteiger partial charge on any atom is -0.354 e. The number of nitrogens with one attached hydrogen (secondary N) is 1. The molecule has 1 rings (SSSR count). The smallest absolute Gasteiger partial charge is 0.232 e. The molecule has 1 N–H and O–H groups in total. The zero-order valence-electron chi connectivity index (χ0n) is 12.7. The molecular formula is C14H21BrN2O3S. The molecule has 7 heteroatoms. The Morgan fingerprint density at radius 2 is 1.76 bits per heavy atom. The maximum atomic E-state index is 11.9. The van der Waals surface area contributed by atoms with Crippen LogP contribution in [0, 0.1) is 5.41 Å². The van der Waals surface area contributed by atoms with Gasteiger partial charge >= 0.3 is 0 Å². The van der Waals surface area contributed by atoms with Crippen LogP contribution in [0.2, 0.25) is 0 Å². The van der Waals surface area contributed by atoms with Crippen molar-refractivity contribution < 1.29 is 13.2 Å². The minimum atomic E-state index is -3.40. The van der Waals surface area contributed by atoms with E-state index in [0.29, 0.717) is 5.69 Å². The van der Waals surface area contributed by atoms with Gasteiger partial charge in [-0.1, -0.05) is 36.7 Å². The number of carbonyl (C=O) groups excluding carboxylic acids is 1. The van der Waals surface area contributed by atoms with E-state index in [1.807, 2.05) is 20.8 Å². The molecular weight excluding hydrogens is 356 g/mol. The molecule has 0 fully saturated rings. The fourth-order valence-corrected chi connectivity index (χ4v) is 2.82. The van der Waals surface area contributed by atoms with E-state index in [9.17, 15) is 13.2 Å². The Hall–Kier alpha value is -1.08. The van der Waals surface area contributed by atoms with E-state index in [-0.39, 0.29) is 19.0 Å². The van der Waals surface area contributed by atoms with Gasteiger partial charge in [0.05, 0.1) is 18.5 Å². The fourth-order valence-electron chi connectivity index (χ4n) is 1.63. The van der Waals surface area contributed by atoms with Gasteiger partial charge in [-0.3, -0.25) is 9.10 Å². The Bertz CT molecular complexity index is 592. The first-order valence-corrected chi connectivity index (χ1v) is 9.17. The van der Waals surface area contributed by atoms with Gasteiger partial charge in [0.2, 0.25) is 15.9 Å². The molecule has 0 spiro atoms. The quantitative estimate of drug-likeness (QED) is 0.857. The summed E-state index contributed by atoms with van der Waals surface area (Å²) in [5.41, 5.74) is 0.0822. The number of nitrogens with zero attached hydrogens (tertiary/aromatic N) is 1. The number of rotatable bonds is 5.